The number of anilines is 1. The second kappa shape index (κ2) is 3.91. The Morgan fingerprint density at radius 3 is 2.62 bits per heavy atom. The molecule has 1 aromatic rings. The maximum Gasteiger partial charge on any atom is 0.119 e. The van der Waals surface area contributed by atoms with Gasteiger partial charge in [-0.15, -0.1) is 0 Å². The van der Waals surface area contributed by atoms with Gasteiger partial charge in [-0.25, -0.2) is 4.21 Å². The zero-order chi connectivity index (χ0) is 10.0. The minimum absolute atomic E-state index is 0.111. The van der Waals surface area contributed by atoms with Crippen molar-refractivity contribution in [2.24, 2.45) is 7.05 Å². The molecule has 0 spiro atoms. The Kier molecular flexibility index (Phi) is 3.08. The second-order valence-corrected chi connectivity index (χ2v) is 4.99. The number of nitrogens with zero attached hydrogens (tertiary/aromatic N) is 2. The summed E-state index contributed by atoms with van der Waals surface area (Å²) in [5.74, 6) is 0. The molecule has 13 heavy (non-hydrogen) atoms. The lowest BCUT2D eigenvalue weighted by molar-refractivity contribution is 0.680. The van der Waals surface area contributed by atoms with Crippen molar-refractivity contribution in [2.45, 2.75) is 26.0 Å². The SMILES string of the molecule is Cc1nn(C)cc1NS(=O)C(C)C. The zero-order valence-electron chi connectivity index (χ0n) is 8.37. The first kappa shape index (κ1) is 10.2. The Morgan fingerprint density at radius 2 is 2.23 bits per heavy atom. The number of hydrogen-bond acceptors (Lipinski definition) is 2. The smallest absolute Gasteiger partial charge is 0.119 e. The fourth-order valence-corrected chi connectivity index (χ4v) is 1.58. The predicted octanol–water partition coefficient (Wildman–Crippen LogP) is 1.21. The third kappa shape index (κ3) is 2.55. The Morgan fingerprint density at radius 1 is 1.62 bits per heavy atom. The van der Waals surface area contributed by atoms with E-state index in [0.717, 1.165) is 11.4 Å². The van der Waals surface area contributed by atoms with Gasteiger partial charge in [0.15, 0.2) is 0 Å². The lowest BCUT2D eigenvalue weighted by atomic mass is 10.4. The maximum absolute atomic E-state index is 11.4. The van der Waals surface area contributed by atoms with Gasteiger partial charge in [-0.3, -0.25) is 4.68 Å². The van der Waals surface area contributed by atoms with Crippen molar-refractivity contribution < 1.29 is 4.21 Å². The molecule has 0 bridgehead atoms. The van der Waals surface area contributed by atoms with Crippen LogP contribution in [0.3, 0.4) is 0 Å². The molecule has 0 saturated carbocycles. The maximum atomic E-state index is 11.4. The van der Waals surface area contributed by atoms with Gasteiger partial charge >= 0.3 is 0 Å². The van der Waals surface area contributed by atoms with E-state index >= 15 is 0 Å². The van der Waals surface area contributed by atoms with Gasteiger partial charge in [0.2, 0.25) is 0 Å². The van der Waals surface area contributed by atoms with Crippen molar-refractivity contribution in [3.8, 4) is 0 Å². The molecule has 1 atom stereocenters. The number of nitrogens with one attached hydrogen (secondary N) is 1. The summed E-state index contributed by atoms with van der Waals surface area (Å²) in [5, 5.41) is 4.25. The van der Waals surface area contributed by atoms with Gasteiger partial charge in [-0.2, -0.15) is 5.10 Å². The van der Waals surface area contributed by atoms with Crippen molar-refractivity contribution in [1.82, 2.24) is 9.78 Å². The molecule has 1 N–H and O–H groups in total. The molecule has 0 fully saturated rings. The van der Waals surface area contributed by atoms with Crippen molar-refractivity contribution in [3.05, 3.63) is 11.9 Å². The van der Waals surface area contributed by atoms with E-state index in [1.807, 2.05) is 34.0 Å². The molecule has 0 radical (unpaired) electrons. The van der Waals surface area contributed by atoms with E-state index in [-0.39, 0.29) is 5.25 Å². The summed E-state index contributed by atoms with van der Waals surface area (Å²) in [6.45, 7) is 5.71. The van der Waals surface area contributed by atoms with Crippen LogP contribution >= 0.6 is 0 Å². The third-order valence-corrected chi connectivity index (χ3v) is 2.93. The monoisotopic (exact) mass is 201 g/mol. The lowest BCUT2D eigenvalue weighted by Crippen LogP contribution is -2.14. The Labute approximate surface area is 80.9 Å². The molecule has 0 amide bonds. The van der Waals surface area contributed by atoms with Crippen molar-refractivity contribution >= 4 is 16.7 Å². The highest BCUT2D eigenvalue weighted by atomic mass is 32.2. The van der Waals surface area contributed by atoms with E-state index in [4.69, 9.17) is 0 Å². The van der Waals surface area contributed by atoms with E-state index in [1.165, 1.54) is 0 Å². The Hall–Kier alpha value is -0.840. The van der Waals surface area contributed by atoms with Crippen LogP contribution in [0, 0.1) is 6.92 Å². The molecule has 0 aliphatic carbocycles. The lowest BCUT2D eigenvalue weighted by Gasteiger charge is -2.06. The minimum Gasteiger partial charge on any atom is -0.302 e. The van der Waals surface area contributed by atoms with Crippen LogP contribution < -0.4 is 4.72 Å². The zero-order valence-corrected chi connectivity index (χ0v) is 9.18. The Bertz CT molecular complexity index is 319. The number of hydrogen-bond donors (Lipinski definition) is 1. The molecule has 4 nitrogen and oxygen atoms in total. The van der Waals surface area contributed by atoms with E-state index < -0.39 is 11.0 Å². The summed E-state index contributed by atoms with van der Waals surface area (Å²) in [6.07, 6.45) is 1.83. The summed E-state index contributed by atoms with van der Waals surface area (Å²) in [7, 11) is 0.821. The van der Waals surface area contributed by atoms with Crippen LogP contribution in [0.2, 0.25) is 0 Å². The molecule has 0 aliphatic heterocycles. The van der Waals surface area contributed by atoms with Crippen LogP contribution in [0.15, 0.2) is 6.20 Å². The van der Waals surface area contributed by atoms with Crippen molar-refractivity contribution in [1.29, 1.82) is 0 Å². The molecule has 1 rings (SSSR count). The fraction of sp³-hybridized carbons (Fsp3) is 0.625. The normalized spacial score (nSPS) is 13.3. The van der Waals surface area contributed by atoms with Gasteiger partial charge in [0.25, 0.3) is 0 Å². The van der Waals surface area contributed by atoms with E-state index in [2.05, 4.69) is 9.82 Å². The first-order valence-corrected chi connectivity index (χ1v) is 5.39. The highest BCUT2D eigenvalue weighted by molar-refractivity contribution is 7.86. The van der Waals surface area contributed by atoms with Gasteiger partial charge in [-0.1, -0.05) is 0 Å². The van der Waals surface area contributed by atoms with E-state index in [0.29, 0.717) is 0 Å². The van der Waals surface area contributed by atoms with Crippen LogP contribution in [0.5, 0.6) is 0 Å². The van der Waals surface area contributed by atoms with Gasteiger partial charge in [0, 0.05) is 18.5 Å². The average Bonchev–Trinajstić information content (AvgIpc) is 2.30. The molecule has 1 heterocycles. The molecular weight excluding hydrogens is 186 g/mol. The third-order valence-electron chi connectivity index (χ3n) is 1.65. The molecule has 1 unspecified atom stereocenters. The molecule has 0 aromatic carbocycles. The van der Waals surface area contributed by atoms with Crippen LogP contribution in [0.25, 0.3) is 0 Å². The minimum atomic E-state index is -1.02. The summed E-state index contributed by atoms with van der Waals surface area (Å²) in [4.78, 5) is 0. The largest absolute Gasteiger partial charge is 0.302 e. The number of rotatable bonds is 3. The summed E-state index contributed by atoms with van der Waals surface area (Å²) in [6, 6.07) is 0. The Balaban J connectivity index is 2.74. The summed E-state index contributed by atoms with van der Waals surface area (Å²) < 4.78 is 16.1. The van der Waals surface area contributed by atoms with Crippen molar-refractivity contribution in [2.75, 3.05) is 4.72 Å². The molecule has 0 saturated heterocycles. The topological polar surface area (TPSA) is 46.9 Å². The van der Waals surface area contributed by atoms with Crippen LogP contribution in [0.4, 0.5) is 5.69 Å². The van der Waals surface area contributed by atoms with Gasteiger partial charge in [-0.05, 0) is 20.8 Å². The molecule has 1 aromatic heterocycles. The number of aromatic nitrogens is 2. The van der Waals surface area contributed by atoms with E-state index in [9.17, 15) is 4.21 Å². The van der Waals surface area contributed by atoms with Gasteiger partial charge < -0.3 is 4.72 Å². The summed E-state index contributed by atoms with van der Waals surface area (Å²) >= 11 is 0. The fourth-order valence-electron chi connectivity index (χ4n) is 0.926. The summed E-state index contributed by atoms with van der Waals surface area (Å²) in [5.41, 5.74) is 1.71. The number of aryl methyl sites for hydroxylation is 2. The van der Waals surface area contributed by atoms with Gasteiger partial charge in [0.05, 0.1) is 11.4 Å². The standard InChI is InChI=1S/C8H15N3OS/c1-6(2)13(12)10-8-5-11(4)9-7(8)3/h5-6,10H,1-4H3. The quantitative estimate of drug-likeness (QED) is 0.799. The molecule has 5 heteroatoms. The van der Waals surface area contributed by atoms with Crippen LogP contribution in [0.1, 0.15) is 19.5 Å². The second-order valence-electron chi connectivity index (χ2n) is 3.25. The first-order chi connectivity index (χ1) is 6.00. The van der Waals surface area contributed by atoms with Crippen LogP contribution in [-0.2, 0) is 18.0 Å². The predicted molar refractivity (Wildman–Crippen MR) is 54.8 cm³/mol. The van der Waals surface area contributed by atoms with Crippen LogP contribution in [-0.4, -0.2) is 19.2 Å². The van der Waals surface area contributed by atoms with Gasteiger partial charge in [0.1, 0.15) is 11.0 Å². The van der Waals surface area contributed by atoms with E-state index in [1.54, 1.807) is 4.68 Å². The highest BCUT2D eigenvalue weighted by Crippen LogP contribution is 2.13. The molecule has 74 valence electrons. The highest BCUT2D eigenvalue weighted by Gasteiger charge is 2.08. The van der Waals surface area contributed by atoms with Crippen molar-refractivity contribution in [3.63, 3.8) is 0 Å². The first-order valence-electron chi connectivity index (χ1n) is 4.18. The average molecular weight is 201 g/mol. The molecule has 0 aliphatic rings. The molecular formula is C8H15N3OS.